The molecule has 1 aliphatic heterocycles. The van der Waals surface area contributed by atoms with E-state index < -0.39 is 0 Å². The fraction of sp³-hybridized carbons (Fsp3) is 0.300. The van der Waals surface area contributed by atoms with Crippen LogP contribution in [0.3, 0.4) is 0 Å². The van der Waals surface area contributed by atoms with Crippen LogP contribution in [0.15, 0.2) is 36.4 Å². The number of para-hydroxylation sites is 1. The van der Waals surface area contributed by atoms with E-state index in [1.165, 1.54) is 0 Å². The molecular weight excluding hydrogens is 417 g/mol. The molecule has 0 aromatic heterocycles. The highest BCUT2D eigenvalue weighted by Crippen LogP contribution is 2.36. The van der Waals surface area contributed by atoms with Crippen molar-refractivity contribution in [2.24, 2.45) is 0 Å². The molecule has 3 rings (SSSR count). The number of ether oxygens (including phenoxy) is 1. The second-order valence-electron chi connectivity index (χ2n) is 6.32. The molecule has 148 valence electrons. The van der Waals surface area contributed by atoms with Gasteiger partial charge >= 0.3 is 0 Å². The van der Waals surface area contributed by atoms with Gasteiger partial charge in [0.1, 0.15) is 5.75 Å². The van der Waals surface area contributed by atoms with Crippen molar-refractivity contribution < 1.29 is 9.53 Å². The van der Waals surface area contributed by atoms with Gasteiger partial charge in [0.25, 0.3) is 5.91 Å². The molecule has 1 saturated heterocycles. The van der Waals surface area contributed by atoms with Crippen LogP contribution in [0.5, 0.6) is 5.75 Å². The van der Waals surface area contributed by atoms with E-state index in [4.69, 9.17) is 40.2 Å². The van der Waals surface area contributed by atoms with Gasteiger partial charge < -0.3 is 15.0 Å². The number of carbonyl (C=O) groups excluding carboxylic acids is 1. The Labute approximate surface area is 180 Å². The molecule has 2 N–H and O–H groups in total. The maximum atomic E-state index is 12.5. The van der Waals surface area contributed by atoms with E-state index >= 15 is 0 Å². The summed E-state index contributed by atoms with van der Waals surface area (Å²) in [6, 6.07) is 10.5. The van der Waals surface area contributed by atoms with Crippen molar-refractivity contribution in [3.05, 3.63) is 52.0 Å². The monoisotopic (exact) mass is 437 g/mol. The van der Waals surface area contributed by atoms with Crippen LogP contribution in [0.4, 0.5) is 11.4 Å². The minimum atomic E-state index is -0.354. The Kier molecular flexibility index (Phi) is 6.99. The van der Waals surface area contributed by atoms with Crippen LogP contribution in [0.2, 0.25) is 10.0 Å². The summed E-state index contributed by atoms with van der Waals surface area (Å²) in [4.78, 5) is 14.7. The average molecular weight is 438 g/mol. The zero-order chi connectivity index (χ0) is 20.1. The van der Waals surface area contributed by atoms with Crippen molar-refractivity contribution in [2.45, 2.75) is 19.8 Å². The molecule has 5 nitrogen and oxygen atoms in total. The molecule has 0 bridgehead atoms. The van der Waals surface area contributed by atoms with Gasteiger partial charge in [0.15, 0.2) is 5.11 Å². The van der Waals surface area contributed by atoms with E-state index in [1.807, 2.05) is 25.1 Å². The summed E-state index contributed by atoms with van der Waals surface area (Å²) in [5, 5.41) is 6.99. The first-order valence-electron chi connectivity index (χ1n) is 9.07. The smallest absolute Gasteiger partial charge is 0.257 e. The molecule has 1 heterocycles. The largest absolute Gasteiger partial charge is 0.492 e. The highest BCUT2D eigenvalue weighted by molar-refractivity contribution is 7.80. The second kappa shape index (κ2) is 9.45. The van der Waals surface area contributed by atoms with Crippen molar-refractivity contribution in [1.29, 1.82) is 0 Å². The minimum absolute atomic E-state index is 0.192. The Bertz CT molecular complexity index is 886. The highest BCUT2D eigenvalue weighted by Gasteiger charge is 2.19. The standard InChI is InChI=1S/C20H21Cl2N3O2S/c1-2-27-17-9-8-13(12-15(17)22)19(26)24-20(28)23-16-7-5-6-14(21)18(16)25-10-3-4-11-25/h5-9,12H,2-4,10-11H2,1H3,(H2,23,24,26,28). The molecule has 28 heavy (non-hydrogen) atoms. The van der Waals surface area contributed by atoms with Crippen LogP contribution in [0, 0.1) is 0 Å². The topological polar surface area (TPSA) is 53.6 Å². The van der Waals surface area contributed by atoms with Crippen molar-refractivity contribution >= 4 is 57.8 Å². The predicted molar refractivity (Wildman–Crippen MR) is 119 cm³/mol. The second-order valence-corrected chi connectivity index (χ2v) is 7.54. The van der Waals surface area contributed by atoms with Crippen LogP contribution in [-0.2, 0) is 0 Å². The number of carbonyl (C=O) groups is 1. The third-order valence-electron chi connectivity index (χ3n) is 4.38. The van der Waals surface area contributed by atoms with E-state index in [0.717, 1.165) is 37.3 Å². The first-order chi connectivity index (χ1) is 13.5. The lowest BCUT2D eigenvalue weighted by Gasteiger charge is -2.23. The third kappa shape index (κ3) is 4.87. The number of benzene rings is 2. The van der Waals surface area contributed by atoms with Crippen LogP contribution >= 0.6 is 35.4 Å². The molecule has 1 fully saturated rings. The van der Waals surface area contributed by atoms with E-state index in [1.54, 1.807) is 18.2 Å². The lowest BCUT2D eigenvalue weighted by atomic mass is 10.2. The number of rotatable bonds is 5. The molecule has 1 amide bonds. The maximum Gasteiger partial charge on any atom is 0.257 e. The summed E-state index contributed by atoms with van der Waals surface area (Å²) in [6.45, 7) is 4.26. The first kappa shape index (κ1) is 20.7. The summed E-state index contributed by atoms with van der Waals surface area (Å²) in [5.74, 6) is 0.183. The van der Waals surface area contributed by atoms with Gasteiger partial charge in [-0.25, -0.2) is 0 Å². The zero-order valence-corrected chi connectivity index (χ0v) is 17.8. The van der Waals surface area contributed by atoms with Gasteiger partial charge in [-0.3, -0.25) is 10.1 Å². The average Bonchev–Trinajstić information content (AvgIpc) is 3.17. The molecule has 2 aromatic rings. The van der Waals surface area contributed by atoms with Crippen molar-refractivity contribution in [1.82, 2.24) is 5.32 Å². The van der Waals surface area contributed by atoms with E-state index in [2.05, 4.69) is 15.5 Å². The Balaban J connectivity index is 1.70. The van der Waals surface area contributed by atoms with Gasteiger partial charge in [0, 0.05) is 18.7 Å². The number of thiocarbonyl (C=S) groups is 1. The van der Waals surface area contributed by atoms with E-state index in [0.29, 0.717) is 28.0 Å². The number of hydrogen-bond acceptors (Lipinski definition) is 4. The number of halogens is 2. The van der Waals surface area contributed by atoms with Crippen molar-refractivity contribution in [2.75, 3.05) is 29.9 Å². The Morgan fingerprint density at radius 2 is 1.93 bits per heavy atom. The summed E-state index contributed by atoms with van der Waals surface area (Å²) in [5.41, 5.74) is 2.07. The normalized spacial score (nSPS) is 13.3. The fourth-order valence-electron chi connectivity index (χ4n) is 3.12. The maximum absolute atomic E-state index is 12.5. The van der Waals surface area contributed by atoms with Crippen molar-refractivity contribution in [3.8, 4) is 5.75 Å². The van der Waals surface area contributed by atoms with Crippen LogP contribution in [0.1, 0.15) is 30.1 Å². The first-order valence-corrected chi connectivity index (χ1v) is 10.2. The minimum Gasteiger partial charge on any atom is -0.492 e. The number of nitrogens with zero attached hydrogens (tertiary/aromatic N) is 1. The van der Waals surface area contributed by atoms with Crippen LogP contribution < -0.4 is 20.3 Å². The number of hydrogen-bond donors (Lipinski definition) is 2. The lowest BCUT2D eigenvalue weighted by molar-refractivity contribution is 0.0977. The number of nitrogens with one attached hydrogen (secondary N) is 2. The number of amides is 1. The molecule has 0 aliphatic carbocycles. The molecule has 0 unspecified atom stereocenters. The van der Waals surface area contributed by atoms with Crippen LogP contribution in [0.25, 0.3) is 0 Å². The molecule has 0 radical (unpaired) electrons. The van der Waals surface area contributed by atoms with Gasteiger partial charge in [0.05, 0.1) is 28.0 Å². The van der Waals surface area contributed by atoms with Gasteiger partial charge in [-0.05, 0) is 62.3 Å². The predicted octanol–water partition coefficient (Wildman–Crippen LogP) is 5.12. The molecule has 0 atom stereocenters. The summed E-state index contributed by atoms with van der Waals surface area (Å²) in [7, 11) is 0. The van der Waals surface area contributed by atoms with Gasteiger partial charge in [0.2, 0.25) is 0 Å². The SMILES string of the molecule is CCOc1ccc(C(=O)NC(=S)Nc2cccc(Cl)c2N2CCCC2)cc1Cl. The molecule has 8 heteroatoms. The quantitative estimate of drug-likeness (QED) is 0.635. The van der Waals surface area contributed by atoms with Gasteiger partial charge in [-0.15, -0.1) is 0 Å². The summed E-state index contributed by atoms with van der Waals surface area (Å²) < 4.78 is 5.39. The molecule has 0 spiro atoms. The molecule has 2 aromatic carbocycles. The lowest BCUT2D eigenvalue weighted by Crippen LogP contribution is -2.34. The van der Waals surface area contributed by atoms with Gasteiger partial charge in [-0.1, -0.05) is 29.3 Å². The Hall–Kier alpha value is -2.02. The molecular formula is C20H21Cl2N3O2S. The fourth-order valence-corrected chi connectivity index (χ4v) is 3.85. The summed E-state index contributed by atoms with van der Waals surface area (Å²) >= 11 is 17.9. The Morgan fingerprint density at radius 3 is 2.61 bits per heavy atom. The highest BCUT2D eigenvalue weighted by atomic mass is 35.5. The van der Waals surface area contributed by atoms with E-state index in [-0.39, 0.29) is 11.0 Å². The van der Waals surface area contributed by atoms with Gasteiger partial charge in [-0.2, -0.15) is 0 Å². The van der Waals surface area contributed by atoms with Crippen LogP contribution in [-0.4, -0.2) is 30.7 Å². The number of anilines is 2. The van der Waals surface area contributed by atoms with Crippen molar-refractivity contribution in [3.63, 3.8) is 0 Å². The molecule has 1 aliphatic rings. The Morgan fingerprint density at radius 1 is 1.18 bits per heavy atom. The summed E-state index contributed by atoms with van der Waals surface area (Å²) in [6.07, 6.45) is 2.26. The van der Waals surface area contributed by atoms with E-state index in [9.17, 15) is 4.79 Å². The molecule has 0 saturated carbocycles. The zero-order valence-electron chi connectivity index (χ0n) is 15.4. The third-order valence-corrected chi connectivity index (χ3v) is 5.18.